The minimum Gasteiger partial charge on any atom is -0.384 e. The second-order valence-electron chi connectivity index (χ2n) is 10.3. The largest absolute Gasteiger partial charge is 0.384 e. The molecule has 4 heterocycles. The van der Waals surface area contributed by atoms with Crippen LogP contribution in [0.4, 0.5) is 11.5 Å². The third-order valence-corrected chi connectivity index (χ3v) is 6.71. The summed E-state index contributed by atoms with van der Waals surface area (Å²) in [4.78, 5) is 22.4. The second kappa shape index (κ2) is 8.72. The van der Waals surface area contributed by atoms with Crippen LogP contribution in [-0.2, 0) is 24.1 Å². The highest BCUT2D eigenvalue weighted by Gasteiger charge is 2.26. The van der Waals surface area contributed by atoms with Gasteiger partial charge in [0.15, 0.2) is 5.82 Å². The number of hydrogen-bond acceptors (Lipinski definition) is 6. The predicted molar refractivity (Wildman–Crippen MR) is 143 cm³/mol. The SMILES string of the molecule is C=CCn1c(=O)c2cnc(Nc3ccc4c(c3)CCNC4(C)C)cc2n1-c1cccc(C(C)(C)O)n1. The molecular formula is C28H32N6O2. The van der Waals surface area contributed by atoms with Crippen LogP contribution in [0.2, 0.25) is 0 Å². The van der Waals surface area contributed by atoms with Crippen molar-refractivity contribution < 1.29 is 5.11 Å². The maximum absolute atomic E-state index is 13.2. The van der Waals surface area contributed by atoms with Gasteiger partial charge in [-0.05, 0) is 76.1 Å². The Balaban J connectivity index is 1.60. The highest BCUT2D eigenvalue weighted by molar-refractivity contribution is 5.82. The molecule has 5 rings (SSSR count). The quantitative estimate of drug-likeness (QED) is 0.356. The molecule has 1 aliphatic heterocycles. The summed E-state index contributed by atoms with van der Waals surface area (Å²) in [6, 6.07) is 13.7. The molecule has 1 aromatic carbocycles. The van der Waals surface area contributed by atoms with Crippen molar-refractivity contribution in [3.63, 3.8) is 0 Å². The summed E-state index contributed by atoms with van der Waals surface area (Å²) in [6.07, 6.45) is 4.24. The van der Waals surface area contributed by atoms with Gasteiger partial charge in [-0.2, -0.15) is 0 Å². The first-order valence-corrected chi connectivity index (χ1v) is 12.2. The van der Waals surface area contributed by atoms with Crippen LogP contribution in [0.5, 0.6) is 0 Å². The molecular weight excluding hydrogens is 452 g/mol. The van der Waals surface area contributed by atoms with Gasteiger partial charge in [-0.1, -0.05) is 18.2 Å². The molecule has 0 amide bonds. The number of rotatable bonds is 6. The van der Waals surface area contributed by atoms with Crippen LogP contribution in [0.3, 0.4) is 0 Å². The van der Waals surface area contributed by atoms with Gasteiger partial charge in [0.1, 0.15) is 11.4 Å². The Labute approximate surface area is 210 Å². The summed E-state index contributed by atoms with van der Waals surface area (Å²) >= 11 is 0. The first-order chi connectivity index (χ1) is 17.1. The van der Waals surface area contributed by atoms with Gasteiger partial charge in [-0.25, -0.2) is 19.3 Å². The van der Waals surface area contributed by atoms with E-state index in [9.17, 15) is 9.90 Å². The van der Waals surface area contributed by atoms with Gasteiger partial charge in [-0.15, -0.1) is 6.58 Å². The fraction of sp³-hybridized carbons (Fsp3) is 0.321. The number of anilines is 2. The van der Waals surface area contributed by atoms with E-state index >= 15 is 0 Å². The number of hydrogen-bond donors (Lipinski definition) is 3. The number of pyridine rings is 2. The summed E-state index contributed by atoms with van der Waals surface area (Å²) in [5, 5.41) is 18.0. The van der Waals surface area contributed by atoms with Gasteiger partial charge >= 0.3 is 0 Å². The highest BCUT2D eigenvalue weighted by Crippen LogP contribution is 2.31. The van der Waals surface area contributed by atoms with Crippen LogP contribution >= 0.6 is 0 Å². The van der Waals surface area contributed by atoms with Crippen molar-refractivity contribution in [3.8, 4) is 5.82 Å². The number of aliphatic hydroxyl groups is 1. The minimum atomic E-state index is -1.12. The van der Waals surface area contributed by atoms with E-state index in [0.29, 0.717) is 34.8 Å². The van der Waals surface area contributed by atoms with Crippen LogP contribution in [0.1, 0.15) is 44.5 Å². The number of nitrogens with zero attached hydrogens (tertiary/aromatic N) is 4. The molecule has 0 fully saturated rings. The van der Waals surface area contributed by atoms with Crippen molar-refractivity contribution in [3.05, 3.63) is 88.5 Å². The number of nitrogens with one attached hydrogen (secondary N) is 2. The molecule has 36 heavy (non-hydrogen) atoms. The lowest BCUT2D eigenvalue weighted by molar-refractivity contribution is 0.0738. The molecule has 0 spiro atoms. The van der Waals surface area contributed by atoms with Crippen molar-refractivity contribution in [1.29, 1.82) is 0 Å². The molecule has 8 nitrogen and oxygen atoms in total. The van der Waals surface area contributed by atoms with E-state index in [1.54, 1.807) is 41.6 Å². The molecule has 0 saturated heterocycles. The molecule has 1 aliphatic rings. The molecule has 8 heteroatoms. The number of fused-ring (bicyclic) bond motifs is 2. The average Bonchev–Trinajstić information content (AvgIpc) is 3.09. The molecule has 0 radical (unpaired) electrons. The smallest absolute Gasteiger partial charge is 0.276 e. The van der Waals surface area contributed by atoms with Crippen molar-refractivity contribution in [2.75, 3.05) is 11.9 Å². The zero-order chi connectivity index (χ0) is 25.7. The Morgan fingerprint density at radius 3 is 2.81 bits per heavy atom. The molecule has 3 N–H and O–H groups in total. The summed E-state index contributed by atoms with van der Waals surface area (Å²) in [6.45, 7) is 12.8. The summed E-state index contributed by atoms with van der Waals surface area (Å²) in [7, 11) is 0. The standard InChI is InChI=1S/C28H32N6O2/c1-6-14-33-26(35)20-17-29-24(31-19-10-11-21-18(15-19)12-13-30-27(21,2)3)16-22(20)34(33)25-9-7-8-23(32-25)28(4,5)36/h6-11,15-17,30,36H,1,12-14H2,2-5H3,(H,29,31). The Morgan fingerprint density at radius 1 is 1.25 bits per heavy atom. The monoisotopic (exact) mass is 484 g/mol. The Kier molecular flexibility index (Phi) is 5.81. The van der Waals surface area contributed by atoms with Crippen molar-refractivity contribution in [2.24, 2.45) is 0 Å². The lowest BCUT2D eigenvalue weighted by atomic mass is 9.85. The van der Waals surface area contributed by atoms with Gasteiger partial charge in [0.05, 0.1) is 23.1 Å². The number of benzene rings is 1. The molecule has 0 unspecified atom stereocenters. The molecule has 3 aromatic heterocycles. The van der Waals surface area contributed by atoms with Crippen LogP contribution in [-0.4, -0.2) is 31.0 Å². The third-order valence-electron chi connectivity index (χ3n) is 6.71. The van der Waals surface area contributed by atoms with Gasteiger partial charge < -0.3 is 15.7 Å². The van der Waals surface area contributed by atoms with Crippen molar-refractivity contribution in [2.45, 2.75) is 51.8 Å². The van der Waals surface area contributed by atoms with Crippen LogP contribution < -0.4 is 16.2 Å². The van der Waals surface area contributed by atoms with E-state index in [1.165, 1.54) is 11.1 Å². The average molecular weight is 485 g/mol. The van der Waals surface area contributed by atoms with E-state index in [4.69, 9.17) is 0 Å². The molecule has 0 bridgehead atoms. The minimum absolute atomic E-state index is 0.0575. The second-order valence-corrected chi connectivity index (χ2v) is 10.3. The van der Waals surface area contributed by atoms with E-state index in [-0.39, 0.29) is 11.1 Å². The molecule has 0 atom stereocenters. The molecule has 186 valence electrons. The van der Waals surface area contributed by atoms with E-state index < -0.39 is 5.60 Å². The predicted octanol–water partition coefficient (Wildman–Crippen LogP) is 4.12. The molecule has 0 aliphatic carbocycles. The van der Waals surface area contributed by atoms with Gasteiger partial charge in [0.25, 0.3) is 5.56 Å². The first-order valence-electron chi connectivity index (χ1n) is 12.2. The normalized spacial score (nSPS) is 15.0. The lowest BCUT2D eigenvalue weighted by Gasteiger charge is -2.34. The van der Waals surface area contributed by atoms with Crippen LogP contribution in [0, 0.1) is 0 Å². The van der Waals surface area contributed by atoms with Crippen LogP contribution in [0.25, 0.3) is 16.7 Å². The number of aromatic nitrogens is 4. The Bertz CT molecular complexity index is 1520. The van der Waals surface area contributed by atoms with Crippen molar-refractivity contribution in [1.82, 2.24) is 24.6 Å². The lowest BCUT2D eigenvalue weighted by Crippen LogP contribution is -2.42. The fourth-order valence-corrected chi connectivity index (χ4v) is 4.87. The summed E-state index contributed by atoms with van der Waals surface area (Å²) in [5.41, 5.74) is 3.39. The zero-order valence-electron chi connectivity index (χ0n) is 21.2. The van der Waals surface area contributed by atoms with Crippen LogP contribution in [0.15, 0.2) is 66.1 Å². The number of allylic oxidation sites excluding steroid dienone is 1. The maximum atomic E-state index is 13.2. The zero-order valence-corrected chi connectivity index (χ0v) is 21.2. The topological polar surface area (TPSA) is 97.0 Å². The van der Waals surface area contributed by atoms with Gasteiger partial charge in [0.2, 0.25) is 0 Å². The first kappa shape index (κ1) is 24.0. The Hall–Kier alpha value is -3.75. The highest BCUT2D eigenvalue weighted by atomic mass is 16.3. The van der Waals surface area contributed by atoms with Crippen molar-refractivity contribution >= 4 is 22.4 Å². The molecule has 0 saturated carbocycles. The molecule has 4 aromatic rings. The third kappa shape index (κ3) is 4.23. The van der Waals surface area contributed by atoms with E-state index in [2.05, 4.69) is 59.2 Å². The van der Waals surface area contributed by atoms with E-state index in [0.717, 1.165) is 18.7 Å². The Morgan fingerprint density at radius 2 is 2.06 bits per heavy atom. The summed E-state index contributed by atoms with van der Waals surface area (Å²) < 4.78 is 3.34. The van der Waals surface area contributed by atoms with Gasteiger partial charge in [0, 0.05) is 23.5 Å². The van der Waals surface area contributed by atoms with Gasteiger partial charge in [-0.3, -0.25) is 4.79 Å². The summed E-state index contributed by atoms with van der Waals surface area (Å²) in [5.74, 6) is 1.16. The fourth-order valence-electron chi connectivity index (χ4n) is 4.87. The van der Waals surface area contributed by atoms with E-state index in [1.807, 2.05) is 18.2 Å². The maximum Gasteiger partial charge on any atom is 0.276 e.